The van der Waals surface area contributed by atoms with Gasteiger partial charge in [0.2, 0.25) is 5.91 Å². The first kappa shape index (κ1) is 32.8. The zero-order chi connectivity index (χ0) is 31.6. The van der Waals surface area contributed by atoms with E-state index < -0.39 is 12.3 Å². The number of unbranched alkanes of at least 4 members (excludes halogenated alkanes) is 2. The number of likely N-dealkylation sites (tertiary alicyclic amines) is 1. The molecule has 2 aliphatic heterocycles. The van der Waals surface area contributed by atoms with Crippen LogP contribution in [0.15, 0.2) is 72.8 Å². The van der Waals surface area contributed by atoms with Gasteiger partial charge < -0.3 is 30.1 Å². The van der Waals surface area contributed by atoms with Crippen molar-refractivity contribution in [2.75, 3.05) is 19.6 Å². The van der Waals surface area contributed by atoms with Gasteiger partial charge in [-0.15, -0.1) is 0 Å². The Balaban J connectivity index is 1.21. The van der Waals surface area contributed by atoms with E-state index in [0.29, 0.717) is 38.8 Å². The van der Waals surface area contributed by atoms with Crippen molar-refractivity contribution in [2.24, 2.45) is 0 Å². The Morgan fingerprint density at radius 3 is 2.33 bits per heavy atom. The summed E-state index contributed by atoms with van der Waals surface area (Å²) < 4.78 is 13.0. The number of aliphatic hydroxyl groups excluding tert-OH is 2. The maximum atomic E-state index is 12.3. The van der Waals surface area contributed by atoms with Crippen LogP contribution in [-0.2, 0) is 32.2 Å². The second-order valence-electron chi connectivity index (χ2n) is 12.1. The molecule has 45 heavy (non-hydrogen) atoms. The number of nitrogens with one attached hydrogen (secondary N) is 1. The minimum atomic E-state index is -0.802. The maximum Gasteiger partial charge on any atom is 0.303 e. The van der Waals surface area contributed by atoms with Crippen molar-refractivity contribution in [3.63, 3.8) is 0 Å². The lowest BCUT2D eigenvalue weighted by molar-refractivity contribution is -0.252. The van der Waals surface area contributed by atoms with Crippen molar-refractivity contribution in [1.82, 2.24) is 10.2 Å². The molecule has 0 spiro atoms. The molecule has 2 heterocycles. The highest BCUT2D eigenvalue weighted by molar-refractivity contribution is 5.76. The summed E-state index contributed by atoms with van der Waals surface area (Å²) in [6.07, 6.45) is 2.96. The van der Waals surface area contributed by atoms with Crippen LogP contribution in [0, 0.1) is 0 Å². The van der Waals surface area contributed by atoms with Gasteiger partial charge in [-0.05, 0) is 53.1 Å². The molecule has 0 aromatic heterocycles. The molecule has 0 unspecified atom stereocenters. The lowest BCUT2D eigenvalue weighted by Crippen LogP contribution is -2.38. The van der Waals surface area contributed by atoms with E-state index in [4.69, 9.17) is 14.6 Å². The zero-order valence-corrected chi connectivity index (χ0v) is 25.6. The number of β-amino-alcohol motifs (C(OH)–C–C–N with tert-alkyl or cyclic N) is 1. The monoisotopic (exact) mass is 616 g/mol. The van der Waals surface area contributed by atoms with Gasteiger partial charge in [0, 0.05) is 51.0 Å². The number of rotatable bonds is 14. The fourth-order valence-corrected chi connectivity index (χ4v) is 6.02. The molecule has 3 aromatic carbocycles. The topological polar surface area (TPSA) is 129 Å². The Labute approximate surface area is 264 Å². The Kier molecular flexibility index (Phi) is 11.7. The standard InChI is InChI=1S/C36H44N2O7/c39-24-25-9-11-28(12-10-25)33-20-32(23-38-18-17-31(40)22-38)44-36(45-33)29-15-13-27(14-16-29)30-6-4-5-26(19-30)21-37-34(41)7-2-1-3-8-35(42)43/h4-6,9-16,19,31-33,36,39-40H,1-3,7-8,17-18,20-24H2,(H,37,41)(H,42,43)/t31-,32+,33-,36-/m0/s1. The fraction of sp³-hybridized carbons (Fsp3) is 0.444. The van der Waals surface area contributed by atoms with E-state index >= 15 is 0 Å². The minimum Gasteiger partial charge on any atom is -0.481 e. The second-order valence-corrected chi connectivity index (χ2v) is 12.1. The van der Waals surface area contributed by atoms with Gasteiger partial charge in [-0.3, -0.25) is 14.5 Å². The van der Waals surface area contributed by atoms with E-state index in [1.54, 1.807) is 0 Å². The third kappa shape index (κ3) is 9.69. The first-order valence-electron chi connectivity index (χ1n) is 15.9. The molecule has 9 heteroatoms. The number of amides is 1. The minimum absolute atomic E-state index is 0.00107. The SMILES string of the molecule is O=C(O)CCCCCC(=O)NCc1cccc(-c2ccc([C@H]3O[C@@H](CN4CC[C@H](O)C4)C[C@@H](c4ccc(CO)cc4)O3)cc2)c1. The van der Waals surface area contributed by atoms with Gasteiger partial charge in [0.15, 0.2) is 6.29 Å². The Bertz CT molecular complexity index is 1400. The Morgan fingerprint density at radius 2 is 1.62 bits per heavy atom. The summed E-state index contributed by atoms with van der Waals surface area (Å²) in [4.78, 5) is 25.1. The van der Waals surface area contributed by atoms with Gasteiger partial charge in [-0.1, -0.05) is 73.2 Å². The predicted molar refractivity (Wildman–Crippen MR) is 170 cm³/mol. The fourth-order valence-electron chi connectivity index (χ4n) is 6.02. The number of carbonyl (C=O) groups excluding carboxylic acids is 1. The van der Waals surface area contributed by atoms with Crippen LogP contribution in [0.25, 0.3) is 11.1 Å². The molecular weight excluding hydrogens is 572 g/mol. The van der Waals surface area contributed by atoms with Crippen molar-refractivity contribution in [1.29, 1.82) is 0 Å². The average molecular weight is 617 g/mol. The molecule has 0 saturated carbocycles. The van der Waals surface area contributed by atoms with E-state index in [1.807, 2.05) is 54.6 Å². The first-order chi connectivity index (χ1) is 21.9. The summed E-state index contributed by atoms with van der Waals surface area (Å²) in [6, 6.07) is 24.1. The second kappa shape index (κ2) is 16.1. The van der Waals surface area contributed by atoms with Crippen LogP contribution in [0.5, 0.6) is 0 Å². The van der Waals surface area contributed by atoms with E-state index in [0.717, 1.165) is 59.3 Å². The number of carbonyl (C=O) groups is 2. The summed E-state index contributed by atoms with van der Waals surface area (Å²) in [5.41, 5.74) is 5.91. The molecule has 2 saturated heterocycles. The van der Waals surface area contributed by atoms with Crippen LogP contribution in [-0.4, -0.2) is 63.9 Å². The van der Waals surface area contributed by atoms with Crippen LogP contribution < -0.4 is 5.32 Å². The normalized spacial score (nSPS) is 21.9. The number of ether oxygens (including phenoxy) is 2. The zero-order valence-electron chi connectivity index (χ0n) is 25.6. The Hall–Kier alpha value is -3.60. The quantitative estimate of drug-likeness (QED) is 0.184. The predicted octanol–water partition coefficient (Wildman–Crippen LogP) is 5.11. The van der Waals surface area contributed by atoms with Gasteiger partial charge in [-0.25, -0.2) is 0 Å². The third-order valence-electron chi connectivity index (χ3n) is 8.55. The number of carboxylic acids is 1. The smallest absolute Gasteiger partial charge is 0.303 e. The number of benzene rings is 3. The number of aliphatic carboxylic acids is 1. The van der Waals surface area contributed by atoms with Gasteiger partial charge in [-0.2, -0.15) is 0 Å². The molecule has 3 aromatic rings. The molecule has 2 aliphatic rings. The van der Waals surface area contributed by atoms with Crippen LogP contribution in [0.4, 0.5) is 0 Å². The lowest BCUT2D eigenvalue weighted by Gasteiger charge is -2.37. The number of aliphatic hydroxyl groups is 2. The van der Waals surface area contributed by atoms with Crippen LogP contribution in [0.3, 0.4) is 0 Å². The van der Waals surface area contributed by atoms with Gasteiger partial charge in [0.05, 0.1) is 24.9 Å². The van der Waals surface area contributed by atoms with E-state index in [2.05, 4.69) is 28.4 Å². The number of nitrogens with zero attached hydrogens (tertiary/aromatic N) is 1. The number of carboxylic acid groups (broad SMARTS) is 1. The summed E-state index contributed by atoms with van der Waals surface area (Å²) in [5.74, 6) is -0.835. The summed E-state index contributed by atoms with van der Waals surface area (Å²) >= 11 is 0. The molecule has 240 valence electrons. The van der Waals surface area contributed by atoms with Crippen molar-refractivity contribution >= 4 is 11.9 Å². The van der Waals surface area contributed by atoms with E-state index in [9.17, 15) is 19.8 Å². The van der Waals surface area contributed by atoms with Gasteiger partial charge in [0.25, 0.3) is 0 Å². The Morgan fingerprint density at radius 1 is 0.867 bits per heavy atom. The molecular formula is C36H44N2O7. The average Bonchev–Trinajstić information content (AvgIpc) is 3.47. The van der Waals surface area contributed by atoms with Crippen LogP contribution in [0.2, 0.25) is 0 Å². The van der Waals surface area contributed by atoms with E-state index in [1.165, 1.54) is 0 Å². The van der Waals surface area contributed by atoms with Gasteiger partial charge >= 0.3 is 5.97 Å². The largest absolute Gasteiger partial charge is 0.481 e. The van der Waals surface area contributed by atoms with Crippen molar-refractivity contribution in [3.8, 4) is 11.1 Å². The van der Waals surface area contributed by atoms with E-state index in [-0.39, 0.29) is 37.2 Å². The molecule has 4 N–H and O–H groups in total. The molecule has 1 amide bonds. The summed E-state index contributed by atoms with van der Waals surface area (Å²) in [5, 5.41) is 31.2. The molecule has 2 fully saturated rings. The van der Waals surface area contributed by atoms with Gasteiger partial charge in [0.1, 0.15) is 0 Å². The number of hydrogen-bond acceptors (Lipinski definition) is 7. The first-order valence-corrected chi connectivity index (χ1v) is 15.9. The van der Waals surface area contributed by atoms with Crippen LogP contribution in [0.1, 0.15) is 79.6 Å². The highest BCUT2D eigenvalue weighted by atomic mass is 16.7. The summed E-state index contributed by atoms with van der Waals surface area (Å²) in [6.45, 7) is 2.68. The maximum absolute atomic E-state index is 12.3. The number of hydrogen-bond donors (Lipinski definition) is 4. The molecule has 5 rings (SSSR count). The molecule has 4 atom stereocenters. The highest BCUT2D eigenvalue weighted by Gasteiger charge is 2.34. The third-order valence-corrected chi connectivity index (χ3v) is 8.55. The van der Waals surface area contributed by atoms with Crippen LogP contribution >= 0.6 is 0 Å². The van der Waals surface area contributed by atoms with Crippen molar-refractivity contribution in [2.45, 2.75) is 82.7 Å². The lowest BCUT2D eigenvalue weighted by atomic mass is 9.99. The molecule has 0 radical (unpaired) electrons. The molecule has 9 nitrogen and oxygen atoms in total. The summed E-state index contributed by atoms with van der Waals surface area (Å²) in [7, 11) is 0. The highest BCUT2D eigenvalue weighted by Crippen LogP contribution is 2.39. The van der Waals surface area contributed by atoms with Crippen molar-refractivity contribution in [3.05, 3.63) is 95.1 Å². The molecule has 0 aliphatic carbocycles. The van der Waals surface area contributed by atoms with Crippen molar-refractivity contribution < 1.29 is 34.4 Å². The molecule has 0 bridgehead atoms.